The highest BCUT2D eigenvalue weighted by Gasteiger charge is 2.34. The van der Waals surface area contributed by atoms with Crippen LogP contribution in [-0.4, -0.2) is 12.9 Å². The fraction of sp³-hybridized carbons (Fsp3) is 0.154. The van der Waals surface area contributed by atoms with Gasteiger partial charge in [0.1, 0.15) is 0 Å². The van der Waals surface area contributed by atoms with Crippen LogP contribution in [0.5, 0.6) is 0 Å². The van der Waals surface area contributed by atoms with Gasteiger partial charge in [-0.05, 0) is 12.2 Å². The molecule has 0 radical (unpaired) electrons. The first-order chi connectivity index (χ1) is 8.66. The van der Waals surface area contributed by atoms with E-state index in [1.54, 1.807) is 30.3 Å². The molecule has 3 nitrogen and oxygen atoms in total. The molecule has 0 saturated heterocycles. The quantitative estimate of drug-likeness (QED) is 0.834. The number of alkyl halides is 2. The Hall–Kier alpha value is -2.01. The van der Waals surface area contributed by atoms with Gasteiger partial charge in [0.2, 0.25) is 0 Å². The van der Waals surface area contributed by atoms with E-state index in [0.29, 0.717) is 17.4 Å². The summed E-state index contributed by atoms with van der Waals surface area (Å²) in [6.07, 6.45) is 4.82. The number of allylic oxidation sites excluding steroid dienone is 2. The third-order valence-electron chi connectivity index (χ3n) is 2.58. The molecule has 1 aromatic carbocycles. The minimum absolute atomic E-state index is 0.361. The maximum Gasteiger partial charge on any atom is 0.347 e. The molecule has 1 aliphatic heterocycles. The zero-order chi connectivity index (χ0) is 13.0. The van der Waals surface area contributed by atoms with E-state index in [9.17, 15) is 13.6 Å². The van der Waals surface area contributed by atoms with E-state index in [0.717, 1.165) is 0 Å². The number of nitrogens with one attached hydrogen (secondary N) is 1. The van der Waals surface area contributed by atoms with Crippen LogP contribution < -0.4 is 5.32 Å². The van der Waals surface area contributed by atoms with E-state index in [1.165, 1.54) is 18.4 Å². The molecule has 1 unspecified atom stereocenters. The molecule has 0 bridgehead atoms. The number of hydrogen-bond acceptors (Lipinski definition) is 3. The summed E-state index contributed by atoms with van der Waals surface area (Å²) in [7, 11) is 0. The molecule has 18 heavy (non-hydrogen) atoms. The van der Waals surface area contributed by atoms with Gasteiger partial charge in [0.25, 0.3) is 0 Å². The predicted molar refractivity (Wildman–Crippen MR) is 61.6 cm³/mol. The van der Waals surface area contributed by atoms with Gasteiger partial charge < -0.3 is 5.32 Å². The second-order valence-electron chi connectivity index (χ2n) is 3.72. The van der Waals surface area contributed by atoms with E-state index in [4.69, 9.17) is 0 Å². The summed E-state index contributed by atoms with van der Waals surface area (Å²) in [6, 6.07) is 8.55. The molecule has 2 rings (SSSR count). The number of aldehydes is 1. The van der Waals surface area contributed by atoms with E-state index >= 15 is 0 Å². The molecule has 0 amide bonds. The topological polar surface area (TPSA) is 38.3 Å². The maximum atomic E-state index is 12.5. The van der Waals surface area contributed by atoms with Gasteiger partial charge in [0.15, 0.2) is 12.0 Å². The van der Waals surface area contributed by atoms with Crippen LogP contribution in [0.2, 0.25) is 0 Å². The van der Waals surface area contributed by atoms with Crippen molar-refractivity contribution in [2.24, 2.45) is 0 Å². The molecule has 1 N–H and O–H groups in total. The summed E-state index contributed by atoms with van der Waals surface area (Å²) < 4.78 is 29.8. The van der Waals surface area contributed by atoms with E-state index in [2.05, 4.69) is 10.1 Å². The third kappa shape index (κ3) is 2.46. The Morgan fingerprint density at radius 2 is 2.00 bits per heavy atom. The van der Waals surface area contributed by atoms with Gasteiger partial charge in [-0.2, -0.15) is 8.78 Å². The third-order valence-corrected chi connectivity index (χ3v) is 2.58. The van der Waals surface area contributed by atoms with Crippen LogP contribution in [-0.2, 0) is 15.3 Å². The smallest absolute Gasteiger partial charge is 0.347 e. The second-order valence-corrected chi connectivity index (χ2v) is 3.72. The Balaban J connectivity index is 2.36. The molecule has 0 aromatic heterocycles. The highest BCUT2D eigenvalue weighted by Crippen LogP contribution is 2.29. The van der Waals surface area contributed by atoms with Crippen molar-refractivity contribution < 1.29 is 18.3 Å². The highest BCUT2D eigenvalue weighted by molar-refractivity contribution is 5.77. The molecular formula is C13H11F2NO2. The van der Waals surface area contributed by atoms with Crippen molar-refractivity contribution in [2.75, 3.05) is 0 Å². The standard InChI is InChI=1S/C13H11F2NO2/c14-12(15)18-13(11-4-2-1-3-5-11)7-6-10(9-17)8-16-13/h1-9,12,16H. The number of hydrogen-bond donors (Lipinski definition) is 1. The molecule has 94 valence electrons. The average molecular weight is 251 g/mol. The van der Waals surface area contributed by atoms with Gasteiger partial charge in [-0.15, -0.1) is 0 Å². The number of ether oxygens (including phenoxy) is 1. The summed E-state index contributed by atoms with van der Waals surface area (Å²) in [5.41, 5.74) is -0.552. The van der Waals surface area contributed by atoms with Crippen molar-refractivity contribution in [2.45, 2.75) is 12.3 Å². The van der Waals surface area contributed by atoms with E-state index < -0.39 is 12.3 Å². The Morgan fingerprint density at radius 1 is 1.28 bits per heavy atom. The number of halogens is 2. The summed E-state index contributed by atoms with van der Waals surface area (Å²) in [5.74, 6) is 0. The van der Waals surface area contributed by atoms with Crippen LogP contribution in [0.3, 0.4) is 0 Å². The van der Waals surface area contributed by atoms with Crippen LogP contribution in [0.25, 0.3) is 0 Å². The molecule has 5 heteroatoms. The lowest BCUT2D eigenvalue weighted by atomic mass is 9.99. The Morgan fingerprint density at radius 3 is 2.50 bits per heavy atom. The summed E-state index contributed by atoms with van der Waals surface area (Å²) in [6.45, 7) is -2.94. The summed E-state index contributed by atoms with van der Waals surface area (Å²) in [4.78, 5) is 10.6. The predicted octanol–water partition coefficient (Wildman–Crippen LogP) is 2.32. The molecule has 1 aliphatic rings. The molecular weight excluding hydrogens is 240 g/mol. The monoisotopic (exact) mass is 251 g/mol. The lowest BCUT2D eigenvalue weighted by molar-refractivity contribution is -0.203. The lowest BCUT2D eigenvalue weighted by Gasteiger charge is -2.33. The van der Waals surface area contributed by atoms with Crippen molar-refractivity contribution >= 4 is 6.29 Å². The zero-order valence-electron chi connectivity index (χ0n) is 9.35. The molecule has 0 fully saturated rings. The molecule has 1 aromatic rings. The number of carbonyl (C=O) groups is 1. The molecule has 0 aliphatic carbocycles. The lowest BCUT2D eigenvalue weighted by Crippen LogP contribution is -2.43. The van der Waals surface area contributed by atoms with Gasteiger partial charge in [-0.1, -0.05) is 30.3 Å². The largest absolute Gasteiger partial charge is 0.356 e. The normalized spacial score (nSPS) is 22.5. The molecule has 0 spiro atoms. The van der Waals surface area contributed by atoms with Gasteiger partial charge in [0, 0.05) is 17.3 Å². The second kappa shape index (κ2) is 5.10. The van der Waals surface area contributed by atoms with Crippen molar-refractivity contribution in [1.82, 2.24) is 5.32 Å². The first-order valence-corrected chi connectivity index (χ1v) is 5.30. The fourth-order valence-corrected chi connectivity index (χ4v) is 1.72. The fourth-order valence-electron chi connectivity index (χ4n) is 1.72. The van der Waals surface area contributed by atoms with Crippen LogP contribution in [0.4, 0.5) is 8.78 Å². The minimum Gasteiger partial charge on any atom is -0.356 e. The van der Waals surface area contributed by atoms with Gasteiger partial charge in [0.05, 0.1) is 0 Å². The zero-order valence-corrected chi connectivity index (χ0v) is 9.35. The Kier molecular flexibility index (Phi) is 3.53. The maximum absolute atomic E-state index is 12.5. The van der Waals surface area contributed by atoms with Gasteiger partial charge in [-0.25, -0.2) is 0 Å². The van der Waals surface area contributed by atoms with E-state index in [1.807, 2.05) is 0 Å². The number of dihydropyridines is 1. The van der Waals surface area contributed by atoms with Crippen molar-refractivity contribution in [3.63, 3.8) is 0 Å². The van der Waals surface area contributed by atoms with Gasteiger partial charge in [-0.3, -0.25) is 9.53 Å². The van der Waals surface area contributed by atoms with Crippen LogP contribution in [0.15, 0.2) is 54.3 Å². The van der Waals surface area contributed by atoms with E-state index in [-0.39, 0.29) is 0 Å². The number of rotatable bonds is 4. The average Bonchev–Trinajstić information content (AvgIpc) is 2.40. The van der Waals surface area contributed by atoms with Crippen molar-refractivity contribution in [3.05, 3.63) is 59.8 Å². The van der Waals surface area contributed by atoms with Crippen LogP contribution in [0.1, 0.15) is 5.56 Å². The first-order valence-electron chi connectivity index (χ1n) is 5.30. The van der Waals surface area contributed by atoms with Crippen LogP contribution in [0, 0.1) is 0 Å². The van der Waals surface area contributed by atoms with Crippen molar-refractivity contribution in [1.29, 1.82) is 0 Å². The minimum atomic E-state index is -2.94. The Bertz CT molecular complexity index is 485. The first kappa shape index (κ1) is 12.4. The number of benzene rings is 1. The molecule has 1 heterocycles. The van der Waals surface area contributed by atoms with Gasteiger partial charge >= 0.3 is 6.61 Å². The molecule has 1 atom stereocenters. The molecule has 0 saturated carbocycles. The van der Waals surface area contributed by atoms with Crippen molar-refractivity contribution in [3.8, 4) is 0 Å². The Labute approximate surface area is 103 Å². The van der Waals surface area contributed by atoms with Crippen LogP contribution >= 0.6 is 0 Å². The SMILES string of the molecule is O=CC1=CNC(OC(F)F)(c2ccccc2)C=C1. The number of carbonyl (C=O) groups excluding carboxylic acids is 1. The summed E-state index contributed by atoms with van der Waals surface area (Å²) >= 11 is 0. The summed E-state index contributed by atoms with van der Waals surface area (Å²) in [5, 5.41) is 2.70. The highest BCUT2D eigenvalue weighted by atomic mass is 19.3.